The zero-order valence-electron chi connectivity index (χ0n) is 19.1. The molecule has 162 valence electrons. The van der Waals surface area contributed by atoms with Crippen molar-refractivity contribution >= 4 is 0 Å². The molecule has 0 heterocycles. The number of unbranched alkanes of at least 4 members (excludes halogenated alkanes) is 2. The van der Waals surface area contributed by atoms with E-state index in [-0.39, 0.29) is 0 Å². The second-order valence-corrected chi connectivity index (χ2v) is 8.94. The summed E-state index contributed by atoms with van der Waals surface area (Å²) < 4.78 is 5.78. The van der Waals surface area contributed by atoms with Crippen molar-refractivity contribution < 1.29 is 4.74 Å². The number of rotatable bonds is 11. The van der Waals surface area contributed by atoms with E-state index in [4.69, 9.17) is 4.74 Å². The zero-order valence-corrected chi connectivity index (χ0v) is 19.1. The number of ether oxygens (including phenoxy) is 1. The Kier molecular flexibility index (Phi) is 9.70. The Labute approximate surface area is 184 Å². The lowest BCUT2D eigenvalue weighted by molar-refractivity contribution is 0.117. The second kappa shape index (κ2) is 12.7. The lowest BCUT2D eigenvalue weighted by atomic mass is 9.77. The Balaban J connectivity index is 1.47. The first kappa shape index (κ1) is 22.8. The molecule has 0 aromatic heterocycles. The second-order valence-electron chi connectivity index (χ2n) is 8.94. The molecule has 2 aromatic carbocycles. The average molecular weight is 405 g/mol. The largest absolute Gasteiger partial charge is 0.377 e. The van der Waals surface area contributed by atoms with Gasteiger partial charge in [0, 0.05) is 6.61 Å². The van der Waals surface area contributed by atoms with Crippen molar-refractivity contribution in [3.05, 3.63) is 71.8 Å². The van der Waals surface area contributed by atoms with Crippen molar-refractivity contribution in [1.29, 1.82) is 0 Å². The molecule has 1 saturated carbocycles. The minimum absolute atomic E-state index is 0.723. The van der Waals surface area contributed by atoms with Crippen LogP contribution in [0.1, 0.15) is 88.7 Å². The molecule has 0 spiro atoms. The summed E-state index contributed by atoms with van der Waals surface area (Å²) in [6, 6.07) is 18.2. The lowest BCUT2D eigenvalue weighted by Gasteiger charge is -2.28. The molecule has 0 aliphatic heterocycles. The minimum atomic E-state index is 0.723. The fourth-order valence-electron chi connectivity index (χ4n) is 4.67. The van der Waals surface area contributed by atoms with Gasteiger partial charge in [-0.15, -0.1) is 0 Å². The summed E-state index contributed by atoms with van der Waals surface area (Å²) in [5.74, 6) is 1.69. The molecule has 3 rings (SSSR count). The Morgan fingerprint density at radius 1 is 0.867 bits per heavy atom. The van der Waals surface area contributed by atoms with Crippen LogP contribution in [-0.4, -0.2) is 6.61 Å². The standard InChI is InChI=1S/C29H40O/c1-3-5-7-9-24-10-14-26(15-11-24)28-18-20-29(21-19-28)27-16-12-25(13-17-27)23-30-22-8-6-4-2/h3,5,12-13,16-21,24,26H,4,6-11,14-15,22-23H2,1-2H3/b5-3+. The minimum Gasteiger partial charge on any atom is -0.377 e. The molecule has 1 nitrogen and oxygen atoms in total. The molecule has 1 heteroatoms. The van der Waals surface area contributed by atoms with Gasteiger partial charge in [-0.3, -0.25) is 0 Å². The first-order chi connectivity index (χ1) is 14.8. The van der Waals surface area contributed by atoms with Gasteiger partial charge in [0.15, 0.2) is 0 Å². The van der Waals surface area contributed by atoms with Crippen molar-refractivity contribution in [2.75, 3.05) is 6.61 Å². The van der Waals surface area contributed by atoms with E-state index >= 15 is 0 Å². The van der Waals surface area contributed by atoms with Crippen LogP contribution in [-0.2, 0) is 11.3 Å². The fraction of sp³-hybridized carbons (Fsp3) is 0.517. The molecular formula is C29H40O. The maximum absolute atomic E-state index is 5.78. The molecule has 0 bridgehead atoms. The van der Waals surface area contributed by atoms with Gasteiger partial charge in [0.2, 0.25) is 0 Å². The summed E-state index contributed by atoms with van der Waals surface area (Å²) in [6.07, 6.45) is 16.3. The van der Waals surface area contributed by atoms with Crippen LogP contribution in [0.25, 0.3) is 11.1 Å². The highest BCUT2D eigenvalue weighted by atomic mass is 16.5. The molecule has 0 saturated heterocycles. The number of hydrogen-bond donors (Lipinski definition) is 0. The van der Waals surface area contributed by atoms with Gasteiger partial charge in [-0.2, -0.15) is 0 Å². The summed E-state index contributed by atoms with van der Waals surface area (Å²) in [7, 11) is 0. The van der Waals surface area contributed by atoms with Crippen LogP contribution in [0.15, 0.2) is 60.7 Å². The number of benzene rings is 2. The quantitative estimate of drug-likeness (QED) is 0.269. The summed E-state index contributed by atoms with van der Waals surface area (Å²) in [5.41, 5.74) is 5.40. The molecule has 0 unspecified atom stereocenters. The van der Waals surface area contributed by atoms with Crippen LogP contribution in [0.5, 0.6) is 0 Å². The van der Waals surface area contributed by atoms with Crippen molar-refractivity contribution in [3.8, 4) is 11.1 Å². The molecule has 0 amide bonds. The van der Waals surface area contributed by atoms with E-state index in [1.807, 2.05) is 0 Å². The van der Waals surface area contributed by atoms with Gasteiger partial charge in [0.25, 0.3) is 0 Å². The monoisotopic (exact) mass is 404 g/mol. The highest BCUT2D eigenvalue weighted by molar-refractivity contribution is 5.64. The lowest BCUT2D eigenvalue weighted by Crippen LogP contribution is -2.13. The maximum atomic E-state index is 5.78. The normalized spacial score (nSPS) is 19.4. The van der Waals surface area contributed by atoms with E-state index in [0.29, 0.717) is 0 Å². The fourth-order valence-corrected chi connectivity index (χ4v) is 4.67. The van der Waals surface area contributed by atoms with Crippen LogP contribution in [0.4, 0.5) is 0 Å². The molecule has 1 aliphatic carbocycles. The number of allylic oxidation sites excluding steroid dienone is 2. The van der Waals surface area contributed by atoms with Crippen molar-refractivity contribution in [1.82, 2.24) is 0 Å². The first-order valence-electron chi connectivity index (χ1n) is 12.2. The molecule has 1 aliphatic rings. The molecular weight excluding hydrogens is 364 g/mol. The average Bonchev–Trinajstić information content (AvgIpc) is 2.80. The van der Waals surface area contributed by atoms with E-state index in [1.54, 1.807) is 0 Å². The molecule has 0 radical (unpaired) electrons. The van der Waals surface area contributed by atoms with Crippen LogP contribution in [0, 0.1) is 5.92 Å². The number of hydrogen-bond acceptors (Lipinski definition) is 1. The van der Waals surface area contributed by atoms with Gasteiger partial charge in [0.1, 0.15) is 0 Å². The Bertz CT molecular complexity index is 733. The third-order valence-electron chi connectivity index (χ3n) is 6.65. The third kappa shape index (κ3) is 7.13. The first-order valence-corrected chi connectivity index (χ1v) is 12.2. The smallest absolute Gasteiger partial charge is 0.0716 e. The van der Waals surface area contributed by atoms with Crippen molar-refractivity contribution in [3.63, 3.8) is 0 Å². The van der Waals surface area contributed by atoms with Crippen molar-refractivity contribution in [2.45, 2.75) is 84.2 Å². The summed E-state index contributed by atoms with van der Waals surface area (Å²) >= 11 is 0. The Morgan fingerprint density at radius 3 is 2.17 bits per heavy atom. The molecule has 2 aromatic rings. The zero-order chi connectivity index (χ0) is 21.0. The Morgan fingerprint density at radius 2 is 1.53 bits per heavy atom. The molecule has 1 fully saturated rings. The van der Waals surface area contributed by atoms with Crippen LogP contribution in [0.2, 0.25) is 0 Å². The van der Waals surface area contributed by atoms with E-state index in [2.05, 4.69) is 74.5 Å². The van der Waals surface area contributed by atoms with Gasteiger partial charge in [-0.25, -0.2) is 0 Å². The highest BCUT2D eigenvalue weighted by Gasteiger charge is 2.21. The van der Waals surface area contributed by atoms with Gasteiger partial charge in [-0.1, -0.05) is 80.4 Å². The van der Waals surface area contributed by atoms with Crippen molar-refractivity contribution in [2.24, 2.45) is 5.92 Å². The van der Waals surface area contributed by atoms with Gasteiger partial charge < -0.3 is 4.74 Å². The Hall–Kier alpha value is -1.86. The van der Waals surface area contributed by atoms with E-state index in [0.717, 1.165) is 25.0 Å². The predicted molar refractivity (Wildman–Crippen MR) is 130 cm³/mol. The summed E-state index contributed by atoms with van der Waals surface area (Å²) in [5, 5.41) is 0. The van der Waals surface area contributed by atoms with Gasteiger partial charge >= 0.3 is 0 Å². The predicted octanol–water partition coefficient (Wildman–Crippen LogP) is 8.69. The van der Waals surface area contributed by atoms with Gasteiger partial charge in [-0.05, 0) is 86.0 Å². The highest BCUT2D eigenvalue weighted by Crippen LogP contribution is 2.38. The van der Waals surface area contributed by atoms with Gasteiger partial charge in [0.05, 0.1) is 6.61 Å². The molecule has 0 atom stereocenters. The van der Waals surface area contributed by atoms with Crippen LogP contribution >= 0.6 is 0 Å². The maximum Gasteiger partial charge on any atom is 0.0716 e. The van der Waals surface area contributed by atoms with E-state index in [9.17, 15) is 0 Å². The summed E-state index contributed by atoms with van der Waals surface area (Å²) in [6.45, 7) is 5.94. The van der Waals surface area contributed by atoms with E-state index in [1.165, 1.54) is 80.0 Å². The SMILES string of the molecule is C/C=C/CCC1CCC(c2ccc(-c3ccc(COCCCCC)cc3)cc2)CC1. The topological polar surface area (TPSA) is 9.23 Å². The van der Waals surface area contributed by atoms with Crippen LogP contribution in [0.3, 0.4) is 0 Å². The van der Waals surface area contributed by atoms with E-state index < -0.39 is 0 Å². The molecule has 0 N–H and O–H groups in total. The molecule has 30 heavy (non-hydrogen) atoms. The van der Waals surface area contributed by atoms with Crippen LogP contribution < -0.4 is 0 Å². The summed E-state index contributed by atoms with van der Waals surface area (Å²) in [4.78, 5) is 0. The third-order valence-corrected chi connectivity index (χ3v) is 6.65.